The van der Waals surface area contributed by atoms with E-state index in [0.717, 1.165) is 17.9 Å². The van der Waals surface area contributed by atoms with Crippen molar-refractivity contribution in [3.63, 3.8) is 0 Å². The molecule has 0 spiro atoms. The van der Waals surface area contributed by atoms with Gasteiger partial charge in [-0.05, 0) is 109 Å². The van der Waals surface area contributed by atoms with Crippen molar-refractivity contribution in [3.05, 3.63) is 94.7 Å². The van der Waals surface area contributed by atoms with E-state index in [1.165, 1.54) is 59.4 Å². The number of nitrogens with one attached hydrogen (secondary N) is 4. The molecule has 0 fully saturated rings. The molecule has 3 unspecified atom stereocenters. The van der Waals surface area contributed by atoms with Crippen LogP contribution < -0.4 is 32.7 Å². The number of nitrogens with zero attached hydrogens (tertiary/aromatic N) is 4. The van der Waals surface area contributed by atoms with Gasteiger partial charge in [-0.2, -0.15) is 0 Å². The number of primary amides is 1. The topological polar surface area (TPSA) is 294 Å². The van der Waals surface area contributed by atoms with E-state index in [4.69, 9.17) is 10.8 Å². The molecule has 20 heteroatoms. The SMILES string of the molecule is C/C=C/C.C=CC(C)(C)n1cc(C)c2ccccc21.CC(C)C.CC(C)CC(C)NC(=O)CN(C)C(=O)C(C)NC(=O)CNC(=O)C(CC(C)C)N(C)C(=O)CN.Cc1ccc(O)c([N+](=O)[O-])c1.NC(=O)CNC=O. The first-order valence-electron chi connectivity index (χ1n) is 25.0. The lowest BCUT2D eigenvalue weighted by Gasteiger charge is -2.28. The predicted molar refractivity (Wildman–Crippen MR) is 300 cm³/mol. The first kappa shape index (κ1) is 72.2. The Morgan fingerprint density at radius 2 is 1.41 bits per heavy atom. The highest BCUT2D eigenvalue weighted by atomic mass is 16.6. The highest BCUT2D eigenvalue weighted by Crippen LogP contribution is 2.28. The summed E-state index contributed by atoms with van der Waals surface area (Å²) in [4.78, 5) is 92.8. The molecule has 0 aliphatic carbocycles. The minimum Gasteiger partial charge on any atom is -0.502 e. The fraction of sp³-hybridized carbons (Fsp3) is 0.545. The van der Waals surface area contributed by atoms with E-state index in [9.17, 15) is 43.7 Å². The molecule has 7 amide bonds. The van der Waals surface area contributed by atoms with Crippen LogP contribution in [0.5, 0.6) is 5.75 Å². The maximum Gasteiger partial charge on any atom is 0.310 e. The van der Waals surface area contributed by atoms with E-state index in [1.807, 2.05) is 52.8 Å². The Morgan fingerprint density at radius 3 is 1.85 bits per heavy atom. The molecule has 1 aromatic heterocycles. The van der Waals surface area contributed by atoms with Gasteiger partial charge in [0, 0.05) is 43.3 Å². The van der Waals surface area contributed by atoms with Crippen LogP contribution in [0.2, 0.25) is 0 Å². The largest absolute Gasteiger partial charge is 0.502 e. The lowest BCUT2D eigenvalue weighted by atomic mass is 10.0. The first-order chi connectivity index (χ1) is 34.8. The number of hydrogen-bond acceptors (Lipinski definition) is 11. The van der Waals surface area contributed by atoms with Gasteiger partial charge in [-0.1, -0.05) is 91.0 Å². The fourth-order valence-electron chi connectivity index (χ4n) is 6.40. The lowest BCUT2D eigenvalue weighted by Crippen LogP contribution is -2.53. The van der Waals surface area contributed by atoms with Gasteiger partial charge in [0.25, 0.3) is 0 Å². The molecular weight excluding hydrogens is 961 g/mol. The molecular formula is C55H92N10O10. The number of aryl methyl sites for hydroxylation is 2. The molecule has 75 heavy (non-hydrogen) atoms. The highest BCUT2D eigenvalue weighted by molar-refractivity contribution is 5.93. The Bertz CT molecular complexity index is 2270. The van der Waals surface area contributed by atoms with Crippen LogP contribution in [0.4, 0.5) is 5.69 Å². The number of para-hydroxylation sites is 1. The molecule has 0 aliphatic heterocycles. The van der Waals surface area contributed by atoms with Gasteiger partial charge in [0.1, 0.15) is 12.1 Å². The number of aromatic nitrogens is 1. The molecule has 0 aliphatic rings. The number of aromatic hydroxyl groups is 1. The van der Waals surface area contributed by atoms with E-state index >= 15 is 0 Å². The number of nitrogens with two attached hydrogens (primary N) is 2. The number of phenolic OH excluding ortho intramolecular Hbond substituents is 1. The van der Waals surface area contributed by atoms with E-state index in [1.54, 1.807) is 13.0 Å². The number of likely N-dealkylation sites (N-methyl/N-ethyl adjacent to an activating group) is 2. The summed E-state index contributed by atoms with van der Waals surface area (Å²) < 4.78 is 2.28. The van der Waals surface area contributed by atoms with Crippen molar-refractivity contribution in [1.29, 1.82) is 0 Å². The number of benzene rings is 2. The zero-order chi connectivity index (χ0) is 58.8. The van der Waals surface area contributed by atoms with Gasteiger partial charge in [-0.15, -0.1) is 6.58 Å². The van der Waals surface area contributed by atoms with Crippen molar-refractivity contribution in [1.82, 2.24) is 35.6 Å². The third-order valence-corrected chi connectivity index (χ3v) is 10.2. The number of carbonyl (C=O) groups is 7. The van der Waals surface area contributed by atoms with Gasteiger partial charge in [-0.3, -0.25) is 43.7 Å². The number of allylic oxidation sites excluding steroid dienone is 3. The Labute approximate surface area is 446 Å². The van der Waals surface area contributed by atoms with Crippen LogP contribution in [0.25, 0.3) is 10.9 Å². The van der Waals surface area contributed by atoms with E-state index in [0.29, 0.717) is 18.7 Å². The van der Waals surface area contributed by atoms with Crippen molar-refractivity contribution in [2.24, 2.45) is 29.2 Å². The minimum atomic E-state index is -0.886. The van der Waals surface area contributed by atoms with E-state index in [2.05, 4.69) is 124 Å². The lowest BCUT2D eigenvalue weighted by molar-refractivity contribution is -0.385. The number of phenols is 1. The molecule has 0 bridgehead atoms. The number of hydrogen-bond donors (Lipinski definition) is 7. The zero-order valence-corrected chi connectivity index (χ0v) is 47.9. The van der Waals surface area contributed by atoms with Crippen molar-refractivity contribution in [2.45, 2.75) is 140 Å². The summed E-state index contributed by atoms with van der Waals surface area (Å²) in [6.45, 7) is 33.2. The van der Waals surface area contributed by atoms with Crippen LogP contribution in [0.15, 0.2) is 73.5 Å². The summed E-state index contributed by atoms with van der Waals surface area (Å²) in [5, 5.41) is 30.5. The summed E-state index contributed by atoms with van der Waals surface area (Å²) in [7, 11) is 2.98. The number of carbonyl (C=O) groups excluding carboxylic acids is 7. The molecule has 9 N–H and O–H groups in total. The third-order valence-electron chi connectivity index (χ3n) is 10.2. The van der Waals surface area contributed by atoms with Crippen molar-refractivity contribution >= 4 is 58.4 Å². The van der Waals surface area contributed by atoms with Crippen LogP contribution in [0.3, 0.4) is 0 Å². The molecule has 3 rings (SSSR count). The normalized spacial score (nSPS) is 11.6. The summed E-state index contributed by atoms with van der Waals surface area (Å²) in [5.74, 6) is -1.55. The second-order valence-corrected chi connectivity index (χ2v) is 19.8. The van der Waals surface area contributed by atoms with Crippen molar-refractivity contribution < 1.29 is 43.6 Å². The monoisotopic (exact) mass is 1050 g/mol. The molecule has 3 atom stereocenters. The van der Waals surface area contributed by atoms with Gasteiger partial charge >= 0.3 is 5.69 Å². The van der Waals surface area contributed by atoms with Gasteiger partial charge in [0.05, 0.1) is 36.6 Å². The van der Waals surface area contributed by atoms with E-state index < -0.39 is 40.6 Å². The Kier molecular flexibility index (Phi) is 37.0. The van der Waals surface area contributed by atoms with Crippen molar-refractivity contribution in [2.75, 3.05) is 40.3 Å². The number of nitro groups is 1. The minimum absolute atomic E-state index is 0.00421. The van der Waals surface area contributed by atoms with Crippen LogP contribution in [-0.2, 0) is 39.1 Å². The molecule has 422 valence electrons. The van der Waals surface area contributed by atoms with Gasteiger partial charge in [0.15, 0.2) is 5.75 Å². The number of nitro benzene ring substituents is 1. The molecule has 1 heterocycles. The maximum absolute atomic E-state index is 12.6. The van der Waals surface area contributed by atoms with Gasteiger partial charge in [0.2, 0.25) is 41.9 Å². The predicted octanol–water partition coefficient (Wildman–Crippen LogP) is 6.39. The summed E-state index contributed by atoms with van der Waals surface area (Å²) in [6, 6.07) is 11.1. The van der Waals surface area contributed by atoms with Crippen LogP contribution in [0.1, 0.15) is 114 Å². The molecule has 0 radical (unpaired) electrons. The smallest absolute Gasteiger partial charge is 0.310 e. The molecule has 20 nitrogen and oxygen atoms in total. The Morgan fingerprint density at radius 1 is 0.867 bits per heavy atom. The maximum atomic E-state index is 12.6. The quantitative estimate of drug-likeness (QED) is 0.0282. The van der Waals surface area contributed by atoms with E-state index in [-0.39, 0.29) is 66.9 Å². The highest BCUT2D eigenvalue weighted by Gasteiger charge is 2.28. The van der Waals surface area contributed by atoms with Crippen LogP contribution >= 0.6 is 0 Å². The second kappa shape index (κ2) is 38.5. The number of amides is 7. The Balaban J connectivity index is -0.00000102. The average Bonchev–Trinajstić information content (AvgIpc) is 3.68. The van der Waals surface area contributed by atoms with Gasteiger partial charge < -0.3 is 52.2 Å². The first-order valence-corrected chi connectivity index (χ1v) is 25.0. The summed E-state index contributed by atoms with van der Waals surface area (Å²) in [6.07, 6.45) is 9.85. The van der Waals surface area contributed by atoms with Gasteiger partial charge in [-0.25, -0.2) is 0 Å². The molecule has 0 saturated carbocycles. The number of rotatable bonds is 20. The summed E-state index contributed by atoms with van der Waals surface area (Å²) >= 11 is 0. The number of fused-ring (bicyclic) bond motifs is 1. The third kappa shape index (κ3) is 32.0. The molecule has 2 aromatic carbocycles. The molecule has 0 saturated heterocycles. The second-order valence-electron chi connectivity index (χ2n) is 19.8. The van der Waals surface area contributed by atoms with Crippen molar-refractivity contribution in [3.8, 4) is 5.75 Å². The standard InChI is InChI=1S/C23H44N6O5.C14H17N.C7H7NO3.C4H10.C4H8.C3H6N2O2/c1-14(2)9-16(5)26-20(31)13-28(7)23(34)17(6)27-19(30)12-25-22(33)18(10-15(3)4)29(8)21(32)11-24;1-5-14(3,4)15-10-11(2)12-8-6-7-9-13(12)15;1-5-2-3-7(9)6(4-5)8(10)11;1-4(2)3;1-3-4-2;4-3(7)1-5-2-6/h14-18H,9-13,24H2,1-8H3,(H,25,33)(H,26,31)(H,27,30);5-10H,1H2,2-4H3;2-4,9H,1H3;4H,1-3H3;3-4H,1-2H3;2H,1H2,(H2,4,7)(H,5,6)/b;;;;4-3+;. The summed E-state index contributed by atoms with van der Waals surface area (Å²) in [5.41, 5.74) is 13.1. The van der Waals surface area contributed by atoms with Crippen LogP contribution in [0, 0.1) is 41.7 Å². The Hall–Kier alpha value is -7.09. The zero-order valence-electron chi connectivity index (χ0n) is 47.9. The molecule has 3 aromatic rings. The fourth-order valence-corrected chi connectivity index (χ4v) is 6.40. The van der Waals surface area contributed by atoms with Crippen LogP contribution in [-0.4, -0.2) is 125 Å². The average molecular weight is 1050 g/mol.